The first-order valence-electron chi connectivity index (χ1n) is 1.53. The molecule has 0 saturated carbocycles. The second-order valence-electron chi connectivity index (χ2n) is 0.925. The van der Waals surface area contributed by atoms with Gasteiger partial charge in [-0.1, -0.05) is 0 Å². The van der Waals surface area contributed by atoms with Gasteiger partial charge in [0.15, 0.2) is 6.19 Å². The molecule has 0 bridgehead atoms. The first-order chi connectivity index (χ1) is 3.18. The Balaban J connectivity index is 0. The van der Waals surface area contributed by atoms with Crippen LogP contribution in [0.3, 0.4) is 0 Å². The van der Waals surface area contributed by atoms with E-state index in [0.717, 1.165) is 7.05 Å². The summed E-state index contributed by atoms with van der Waals surface area (Å²) in [6, 6.07) is 0. The molecular weight excluding hydrogens is 119 g/mol. The summed E-state index contributed by atoms with van der Waals surface area (Å²) in [7, 11) is 1.11. The van der Waals surface area contributed by atoms with Crippen molar-refractivity contribution < 1.29 is 39.5 Å². The van der Waals surface area contributed by atoms with Crippen LogP contribution in [0.15, 0.2) is 0 Å². The molecule has 38 valence electrons. The molecule has 0 aromatic carbocycles. The molecule has 0 N–H and O–H groups in total. The van der Waals surface area contributed by atoms with Gasteiger partial charge in [0.1, 0.15) is 6.09 Å². The minimum absolute atomic E-state index is 0. The number of nitriles is 1. The van der Waals surface area contributed by atoms with E-state index in [1.54, 1.807) is 0 Å². The topological polar surface area (TPSA) is 67.2 Å². The van der Waals surface area contributed by atoms with Crippen LogP contribution in [0, 0.1) is 11.5 Å². The van der Waals surface area contributed by atoms with Crippen molar-refractivity contribution in [3.05, 3.63) is 0 Å². The van der Waals surface area contributed by atoms with E-state index >= 15 is 0 Å². The van der Waals surface area contributed by atoms with Crippen molar-refractivity contribution in [2.24, 2.45) is 0 Å². The van der Waals surface area contributed by atoms with Gasteiger partial charge < -0.3 is 9.90 Å². The van der Waals surface area contributed by atoms with E-state index in [1.807, 2.05) is 0 Å². The van der Waals surface area contributed by atoms with Crippen LogP contribution in [0.5, 0.6) is 0 Å². The largest absolute Gasteiger partial charge is 1.00 e. The van der Waals surface area contributed by atoms with Crippen molar-refractivity contribution in [2.75, 3.05) is 7.05 Å². The fourth-order valence-electron chi connectivity index (χ4n) is 0.0408. The maximum atomic E-state index is 9.52. The van der Waals surface area contributed by atoms with Crippen molar-refractivity contribution in [1.82, 2.24) is 4.90 Å². The Bertz CT molecular complexity index is 119. The van der Waals surface area contributed by atoms with Crippen LogP contribution >= 0.6 is 0 Å². The number of hydrogen-bond acceptors (Lipinski definition) is 3. The van der Waals surface area contributed by atoms with Gasteiger partial charge in [-0.2, -0.15) is 5.26 Å². The molecule has 0 aromatic rings. The zero-order chi connectivity index (χ0) is 5.86. The van der Waals surface area contributed by atoms with Gasteiger partial charge >= 0.3 is 29.6 Å². The predicted molar refractivity (Wildman–Crippen MR) is 18.8 cm³/mol. The van der Waals surface area contributed by atoms with Crippen molar-refractivity contribution in [3.8, 4) is 6.19 Å². The number of carboxylic acid groups (broad SMARTS) is 1. The average molecular weight is 122 g/mol. The van der Waals surface area contributed by atoms with Gasteiger partial charge in [-0.05, 0) is 0 Å². The van der Waals surface area contributed by atoms with Crippen molar-refractivity contribution in [3.63, 3.8) is 0 Å². The molecule has 4 nitrogen and oxygen atoms in total. The number of amides is 1. The van der Waals surface area contributed by atoms with E-state index in [4.69, 9.17) is 5.26 Å². The number of carbonyl (C=O) groups excluding carboxylic acids is 1. The summed E-state index contributed by atoms with van der Waals surface area (Å²) in [5.74, 6) is 0. The molecule has 0 aliphatic rings. The van der Waals surface area contributed by atoms with Crippen LogP contribution in [0.4, 0.5) is 4.79 Å². The molecule has 0 saturated heterocycles. The van der Waals surface area contributed by atoms with Crippen LogP contribution in [-0.4, -0.2) is 18.0 Å². The molecular formula is C3H3N2NaO2. The summed E-state index contributed by atoms with van der Waals surface area (Å²) in [6.07, 6.45) is -0.148. The second-order valence-corrected chi connectivity index (χ2v) is 0.925. The summed E-state index contributed by atoms with van der Waals surface area (Å²) < 4.78 is 0. The third kappa shape index (κ3) is 3.93. The molecule has 0 aliphatic heterocycles. The van der Waals surface area contributed by atoms with Crippen molar-refractivity contribution in [1.29, 1.82) is 5.26 Å². The molecule has 0 fully saturated rings. The van der Waals surface area contributed by atoms with E-state index in [9.17, 15) is 9.90 Å². The number of nitrogens with zero attached hydrogens (tertiary/aromatic N) is 2. The molecule has 0 aromatic heterocycles. The van der Waals surface area contributed by atoms with E-state index in [-0.39, 0.29) is 29.6 Å². The summed E-state index contributed by atoms with van der Waals surface area (Å²) >= 11 is 0. The molecule has 0 atom stereocenters. The summed E-state index contributed by atoms with van der Waals surface area (Å²) in [4.78, 5) is 9.93. The summed E-state index contributed by atoms with van der Waals surface area (Å²) in [5, 5.41) is 17.3. The summed E-state index contributed by atoms with van der Waals surface area (Å²) in [5.41, 5.74) is 0. The third-order valence-corrected chi connectivity index (χ3v) is 0.424. The maximum absolute atomic E-state index is 9.52. The Kier molecular flexibility index (Phi) is 6.56. The first kappa shape index (κ1) is 10.7. The van der Waals surface area contributed by atoms with Gasteiger partial charge in [0.05, 0.1) is 0 Å². The maximum Gasteiger partial charge on any atom is 1.00 e. The van der Waals surface area contributed by atoms with Gasteiger partial charge in [-0.25, -0.2) is 0 Å². The minimum Gasteiger partial charge on any atom is -0.529 e. The standard InChI is InChI=1S/C3H4N2O2.Na/c1-5(2-4)3(6)7;/h1H3,(H,6,7);/q;+1/p-1. The van der Waals surface area contributed by atoms with E-state index in [1.165, 1.54) is 6.19 Å². The van der Waals surface area contributed by atoms with Crippen LogP contribution in [0.1, 0.15) is 0 Å². The normalized spacial score (nSPS) is 6.00. The van der Waals surface area contributed by atoms with Crippen LogP contribution in [0.25, 0.3) is 0 Å². The Morgan fingerprint density at radius 1 is 1.88 bits per heavy atom. The molecule has 1 amide bonds. The SMILES string of the molecule is CN(C#N)C(=O)[O-].[Na+]. The summed E-state index contributed by atoms with van der Waals surface area (Å²) in [6.45, 7) is 0. The van der Waals surface area contributed by atoms with Gasteiger partial charge in [0.25, 0.3) is 0 Å². The molecule has 0 unspecified atom stereocenters. The second kappa shape index (κ2) is 4.91. The zero-order valence-electron chi connectivity index (χ0n) is 4.71. The molecule has 0 spiro atoms. The molecule has 5 heteroatoms. The zero-order valence-corrected chi connectivity index (χ0v) is 6.71. The van der Waals surface area contributed by atoms with Crippen LogP contribution in [-0.2, 0) is 0 Å². The Morgan fingerprint density at radius 2 is 2.25 bits per heavy atom. The fraction of sp³-hybridized carbons (Fsp3) is 0.333. The molecule has 0 radical (unpaired) electrons. The van der Waals surface area contributed by atoms with Gasteiger partial charge in [0, 0.05) is 7.05 Å². The number of rotatable bonds is 0. The number of carbonyl (C=O) groups is 1. The number of hydrogen-bond donors (Lipinski definition) is 0. The van der Waals surface area contributed by atoms with E-state index in [2.05, 4.69) is 0 Å². The molecule has 0 heterocycles. The molecule has 0 aliphatic carbocycles. The Morgan fingerprint density at radius 3 is 2.25 bits per heavy atom. The fourth-order valence-corrected chi connectivity index (χ4v) is 0.0408. The Labute approximate surface area is 69.0 Å². The van der Waals surface area contributed by atoms with Gasteiger partial charge in [0.2, 0.25) is 0 Å². The Hall–Kier alpha value is -0.240. The monoisotopic (exact) mass is 122 g/mol. The quantitative estimate of drug-likeness (QED) is 0.185. The van der Waals surface area contributed by atoms with Crippen LogP contribution < -0.4 is 34.7 Å². The van der Waals surface area contributed by atoms with Crippen molar-refractivity contribution >= 4 is 6.09 Å². The van der Waals surface area contributed by atoms with Crippen LogP contribution in [0.2, 0.25) is 0 Å². The third-order valence-electron chi connectivity index (χ3n) is 0.424. The van der Waals surface area contributed by atoms with E-state index < -0.39 is 6.09 Å². The average Bonchev–Trinajstić information content (AvgIpc) is 1.65. The predicted octanol–water partition coefficient (Wildman–Crippen LogP) is -4.25. The molecule has 0 rings (SSSR count). The van der Waals surface area contributed by atoms with E-state index in [0.29, 0.717) is 4.90 Å². The van der Waals surface area contributed by atoms with Crippen molar-refractivity contribution in [2.45, 2.75) is 0 Å². The molecule has 8 heavy (non-hydrogen) atoms. The first-order valence-corrected chi connectivity index (χ1v) is 1.53. The van der Waals surface area contributed by atoms with Gasteiger partial charge in [-0.15, -0.1) is 0 Å². The van der Waals surface area contributed by atoms with Gasteiger partial charge in [-0.3, -0.25) is 4.90 Å². The smallest absolute Gasteiger partial charge is 0.529 e. The minimum atomic E-state index is -1.48.